The number of nitrogens with zero attached hydrogens (tertiary/aromatic N) is 2. The van der Waals surface area contributed by atoms with Gasteiger partial charge in [-0.05, 0) is 50.0 Å². The van der Waals surface area contributed by atoms with E-state index in [4.69, 9.17) is 17.0 Å². The average molecular weight is 263 g/mol. The summed E-state index contributed by atoms with van der Waals surface area (Å²) in [5.74, 6) is 0. The van der Waals surface area contributed by atoms with Crippen LogP contribution in [0.25, 0.3) is 11.2 Å². The topological polar surface area (TPSA) is 42.8 Å². The first-order valence-corrected chi connectivity index (χ1v) is 6.69. The number of methoxy groups -OCH3 is 1. The van der Waals surface area contributed by atoms with E-state index in [-0.39, 0.29) is 0 Å². The molecule has 3 rings (SSSR count). The molecular weight excluding hydrogens is 246 g/mol. The fourth-order valence-corrected chi connectivity index (χ4v) is 3.17. The highest BCUT2D eigenvalue weighted by Gasteiger charge is 2.27. The van der Waals surface area contributed by atoms with Crippen LogP contribution < -0.4 is 0 Å². The number of hydrogen-bond donors (Lipinski definition) is 1. The molecule has 1 saturated carbocycles. The summed E-state index contributed by atoms with van der Waals surface area (Å²) in [6.07, 6.45) is 5.47. The third kappa shape index (κ3) is 1.87. The van der Waals surface area contributed by atoms with Crippen LogP contribution in [0.2, 0.25) is 0 Å². The molecule has 2 aromatic rings. The molecule has 0 radical (unpaired) electrons. The first-order valence-electron chi connectivity index (χ1n) is 6.28. The zero-order valence-electron chi connectivity index (χ0n) is 10.6. The monoisotopic (exact) mass is 263 g/mol. The standard InChI is InChI=1S/C13H17N3OS/c1-8-5-11-12(14-7-8)16(13(18)15-11)9-3-4-10(6-9)17-2/h5,7,9-10H,3-4,6H2,1-2H3,(H,15,18). The summed E-state index contributed by atoms with van der Waals surface area (Å²) >= 11 is 5.43. The van der Waals surface area contributed by atoms with Crippen molar-refractivity contribution in [2.75, 3.05) is 7.11 Å². The summed E-state index contributed by atoms with van der Waals surface area (Å²) < 4.78 is 8.36. The van der Waals surface area contributed by atoms with E-state index in [0.29, 0.717) is 12.1 Å². The summed E-state index contributed by atoms with van der Waals surface area (Å²) in [5.41, 5.74) is 3.14. The number of aryl methyl sites for hydroxylation is 1. The molecule has 0 bridgehead atoms. The summed E-state index contributed by atoms with van der Waals surface area (Å²) in [5, 5.41) is 0. The SMILES string of the molecule is COC1CCC(n2c(=S)[nH]c3cc(C)cnc32)C1. The number of pyridine rings is 1. The van der Waals surface area contributed by atoms with Gasteiger partial charge in [0.25, 0.3) is 0 Å². The van der Waals surface area contributed by atoms with Gasteiger partial charge in [-0.25, -0.2) is 4.98 Å². The zero-order chi connectivity index (χ0) is 12.7. The molecule has 0 saturated heterocycles. The van der Waals surface area contributed by atoms with Crippen LogP contribution in [0.3, 0.4) is 0 Å². The van der Waals surface area contributed by atoms with Crippen molar-refractivity contribution in [1.82, 2.24) is 14.5 Å². The van der Waals surface area contributed by atoms with Gasteiger partial charge in [-0.2, -0.15) is 0 Å². The number of rotatable bonds is 2. The molecule has 0 amide bonds. The molecule has 2 heterocycles. The molecule has 1 N–H and O–H groups in total. The van der Waals surface area contributed by atoms with Crippen molar-refractivity contribution >= 4 is 23.4 Å². The van der Waals surface area contributed by atoms with Gasteiger partial charge >= 0.3 is 0 Å². The average Bonchev–Trinajstić information content (AvgIpc) is 2.91. The first-order chi connectivity index (χ1) is 8.69. The molecule has 1 fully saturated rings. The second-order valence-electron chi connectivity index (χ2n) is 5.01. The maximum atomic E-state index is 5.43. The summed E-state index contributed by atoms with van der Waals surface area (Å²) in [6, 6.07) is 2.50. The third-order valence-corrected chi connectivity index (χ3v) is 4.05. The Kier molecular flexibility index (Phi) is 2.95. The normalized spacial score (nSPS) is 23.9. The van der Waals surface area contributed by atoms with Gasteiger partial charge in [0.1, 0.15) is 0 Å². The summed E-state index contributed by atoms with van der Waals surface area (Å²) in [7, 11) is 1.78. The van der Waals surface area contributed by atoms with E-state index in [0.717, 1.165) is 40.8 Å². The largest absolute Gasteiger partial charge is 0.381 e. The molecule has 0 spiro atoms. The Bertz CT molecular complexity index is 631. The molecule has 96 valence electrons. The van der Waals surface area contributed by atoms with Crippen molar-refractivity contribution in [1.29, 1.82) is 0 Å². The Morgan fingerprint density at radius 2 is 2.33 bits per heavy atom. The fraction of sp³-hybridized carbons (Fsp3) is 0.538. The molecule has 2 aromatic heterocycles. The molecular formula is C13H17N3OS. The number of aromatic nitrogens is 3. The zero-order valence-corrected chi connectivity index (χ0v) is 11.5. The maximum absolute atomic E-state index is 5.43. The molecule has 1 aliphatic rings. The number of hydrogen-bond acceptors (Lipinski definition) is 3. The van der Waals surface area contributed by atoms with Gasteiger partial charge in [-0.3, -0.25) is 4.57 Å². The number of H-pyrrole nitrogens is 1. The number of ether oxygens (including phenoxy) is 1. The molecule has 5 heteroatoms. The van der Waals surface area contributed by atoms with E-state index < -0.39 is 0 Å². The van der Waals surface area contributed by atoms with E-state index in [1.807, 2.05) is 13.1 Å². The summed E-state index contributed by atoms with van der Waals surface area (Å²) in [4.78, 5) is 7.77. The van der Waals surface area contributed by atoms with Crippen LogP contribution in [-0.4, -0.2) is 27.7 Å². The predicted molar refractivity (Wildman–Crippen MR) is 73.3 cm³/mol. The van der Waals surface area contributed by atoms with Crippen molar-refractivity contribution in [2.45, 2.75) is 38.3 Å². The Morgan fingerprint density at radius 1 is 1.50 bits per heavy atom. The highest BCUT2D eigenvalue weighted by atomic mass is 32.1. The van der Waals surface area contributed by atoms with E-state index in [2.05, 4.69) is 20.6 Å². The number of imidazole rings is 1. The van der Waals surface area contributed by atoms with Crippen molar-refractivity contribution in [2.24, 2.45) is 0 Å². The van der Waals surface area contributed by atoms with Gasteiger partial charge < -0.3 is 9.72 Å². The molecule has 2 atom stereocenters. The lowest BCUT2D eigenvalue weighted by Gasteiger charge is -2.12. The second kappa shape index (κ2) is 4.48. The van der Waals surface area contributed by atoms with Gasteiger partial charge in [0, 0.05) is 19.3 Å². The highest BCUT2D eigenvalue weighted by Crippen LogP contribution is 2.33. The minimum Gasteiger partial charge on any atom is -0.381 e. The van der Waals surface area contributed by atoms with Gasteiger partial charge in [-0.1, -0.05) is 0 Å². The van der Waals surface area contributed by atoms with Crippen LogP contribution in [0.5, 0.6) is 0 Å². The quantitative estimate of drug-likeness (QED) is 0.846. The Morgan fingerprint density at radius 3 is 3.06 bits per heavy atom. The van der Waals surface area contributed by atoms with Gasteiger partial charge in [-0.15, -0.1) is 0 Å². The summed E-state index contributed by atoms with van der Waals surface area (Å²) in [6.45, 7) is 2.04. The van der Waals surface area contributed by atoms with E-state index in [1.165, 1.54) is 0 Å². The second-order valence-corrected chi connectivity index (χ2v) is 5.40. The molecule has 1 aliphatic carbocycles. The number of aromatic amines is 1. The van der Waals surface area contributed by atoms with Crippen LogP contribution >= 0.6 is 12.2 Å². The van der Waals surface area contributed by atoms with Gasteiger partial charge in [0.05, 0.1) is 11.6 Å². The van der Waals surface area contributed by atoms with Crippen molar-refractivity contribution in [3.63, 3.8) is 0 Å². The Hall–Kier alpha value is -1.20. The number of nitrogens with one attached hydrogen (secondary N) is 1. The van der Waals surface area contributed by atoms with E-state index in [1.54, 1.807) is 7.11 Å². The minimum atomic E-state index is 0.354. The van der Waals surface area contributed by atoms with Crippen LogP contribution in [0.15, 0.2) is 12.3 Å². The molecule has 18 heavy (non-hydrogen) atoms. The van der Waals surface area contributed by atoms with Crippen LogP contribution in [0, 0.1) is 11.7 Å². The van der Waals surface area contributed by atoms with E-state index in [9.17, 15) is 0 Å². The van der Waals surface area contributed by atoms with Crippen molar-refractivity contribution in [3.8, 4) is 0 Å². The first kappa shape index (κ1) is 11.9. The van der Waals surface area contributed by atoms with E-state index >= 15 is 0 Å². The van der Waals surface area contributed by atoms with Gasteiger partial charge in [0.15, 0.2) is 10.4 Å². The van der Waals surface area contributed by atoms with Crippen LogP contribution in [0.1, 0.15) is 30.9 Å². The van der Waals surface area contributed by atoms with Crippen LogP contribution in [-0.2, 0) is 4.74 Å². The lowest BCUT2D eigenvalue weighted by molar-refractivity contribution is 0.106. The Balaban J connectivity index is 2.07. The fourth-order valence-electron chi connectivity index (χ4n) is 2.82. The van der Waals surface area contributed by atoms with Gasteiger partial charge in [0.2, 0.25) is 0 Å². The highest BCUT2D eigenvalue weighted by molar-refractivity contribution is 7.71. The Labute approximate surface area is 111 Å². The van der Waals surface area contributed by atoms with Crippen molar-refractivity contribution in [3.05, 3.63) is 22.6 Å². The smallest absolute Gasteiger partial charge is 0.179 e. The maximum Gasteiger partial charge on any atom is 0.179 e. The molecule has 0 aromatic carbocycles. The lowest BCUT2D eigenvalue weighted by Crippen LogP contribution is -2.09. The molecule has 0 aliphatic heterocycles. The van der Waals surface area contributed by atoms with Crippen LogP contribution in [0.4, 0.5) is 0 Å². The molecule has 2 unspecified atom stereocenters. The molecule has 4 nitrogen and oxygen atoms in total. The predicted octanol–water partition coefficient (Wildman–Crippen LogP) is 3.14. The number of fused-ring (bicyclic) bond motifs is 1. The third-order valence-electron chi connectivity index (χ3n) is 3.75. The van der Waals surface area contributed by atoms with Crippen molar-refractivity contribution < 1.29 is 4.74 Å². The minimum absolute atomic E-state index is 0.354. The lowest BCUT2D eigenvalue weighted by atomic mass is 10.2.